The molecule has 0 radical (unpaired) electrons. The van der Waals surface area contributed by atoms with Gasteiger partial charge in [0.2, 0.25) is 0 Å². The van der Waals surface area contributed by atoms with Crippen LogP contribution in [0.25, 0.3) is 0 Å². The Morgan fingerprint density at radius 2 is 1.87 bits per heavy atom. The molecule has 1 rings (SSSR count). The first-order valence-electron chi connectivity index (χ1n) is 6.75. The third kappa shape index (κ3) is 5.53. The van der Waals surface area contributed by atoms with Crippen LogP contribution in [0.2, 0.25) is 0 Å². The predicted octanol–water partition coefficient (Wildman–Crippen LogP) is 2.64. The van der Waals surface area contributed by atoms with E-state index in [1.54, 1.807) is 0 Å². The van der Waals surface area contributed by atoms with Gasteiger partial charge in [0.05, 0.1) is 0 Å². The molecule has 1 fully saturated rings. The molecule has 1 N–H and O–H groups in total. The van der Waals surface area contributed by atoms with Crippen molar-refractivity contribution < 1.29 is 0 Å². The van der Waals surface area contributed by atoms with Gasteiger partial charge in [0.25, 0.3) is 0 Å². The normalized spacial score (nSPS) is 17.0. The van der Waals surface area contributed by atoms with Crippen LogP contribution in [0.1, 0.15) is 51.9 Å². The summed E-state index contributed by atoms with van der Waals surface area (Å²) >= 11 is 0. The molecular formula is C13H28N2. The second kappa shape index (κ2) is 8.12. The quantitative estimate of drug-likeness (QED) is 0.591. The highest BCUT2D eigenvalue weighted by molar-refractivity contribution is 4.77. The fourth-order valence-electron chi connectivity index (χ4n) is 2.15. The van der Waals surface area contributed by atoms with Gasteiger partial charge in [0.15, 0.2) is 0 Å². The van der Waals surface area contributed by atoms with Crippen LogP contribution in [0.3, 0.4) is 0 Å². The maximum atomic E-state index is 3.37. The smallest absolute Gasteiger partial charge is 0.00922 e. The largest absolute Gasteiger partial charge is 0.317 e. The first-order chi connectivity index (χ1) is 7.34. The van der Waals surface area contributed by atoms with Gasteiger partial charge in [-0.1, -0.05) is 26.2 Å². The molecule has 0 aromatic rings. The van der Waals surface area contributed by atoms with Gasteiger partial charge in [-0.25, -0.2) is 0 Å². The van der Waals surface area contributed by atoms with Crippen molar-refractivity contribution in [3.63, 3.8) is 0 Å². The highest BCUT2D eigenvalue weighted by atomic mass is 15.1. The van der Waals surface area contributed by atoms with Crippen LogP contribution < -0.4 is 5.32 Å². The number of hydrogen-bond acceptors (Lipinski definition) is 2. The topological polar surface area (TPSA) is 15.3 Å². The van der Waals surface area contributed by atoms with Crippen LogP contribution in [0, 0.1) is 0 Å². The molecule has 1 saturated carbocycles. The average molecular weight is 212 g/mol. The zero-order valence-corrected chi connectivity index (χ0v) is 10.6. The van der Waals surface area contributed by atoms with Gasteiger partial charge in [-0.2, -0.15) is 0 Å². The first-order valence-corrected chi connectivity index (χ1v) is 6.75. The van der Waals surface area contributed by atoms with Gasteiger partial charge < -0.3 is 10.2 Å². The standard InChI is InChI=1S/C13H28N2/c1-3-14-11-6-4-5-7-12-15(2)13-9-8-10-13/h13-14H,3-12H2,1-2H3. The van der Waals surface area contributed by atoms with Crippen LogP contribution in [0.4, 0.5) is 0 Å². The summed E-state index contributed by atoms with van der Waals surface area (Å²) in [5, 5.41) is 3.37. The molecule has 0 aliphatic heterocycles. The molecule has 0 aromatic carbocycles. The fraction of sp³-hybridized carbons (Fsp3) is 1.00. The lowest BCUT2D eigenvalue weighted by Crippen LogP contribution is -2.37. The lowest BCUT2D eigenvalue weighted by Gasteiger charge is -2.34. The molecule has 1 aliphatic rings. The first kappa shape index (κ1) is 13.0. The molecule has 2 nitrogen and oxygen atoms in total. The van der Waals surface area contributed by atoms with Crippen LogP contribution in [0.5, 0.6) is 0 Å². The van der Waals surface area contributed by atoms with Gasteiger partial charge in [0, 0.05) is 6.04 Å². The number of rotatable bonds is 9. The minimum atomic E-state index is 0.923. The maximum absolute atomic E-state index is 3.37. The molecule has 0 spiro atoms. The fourth-order valence-corrected chi connectivity index (χ4v) is 2.15. The van der Waals surface area contributed by atoms with E-state index in [0.717, 1.165) is 12.6 Å². The van der Waals surface area contributed by atoms with Crippen LogP contribution >= 0.6 is 0 Å². The van der Waals surface area contributed by atoms with E-state index >= 15 is 0 Å². The Morgan fingerprint density at radius 3 is 2.47 bits per heavy atom. The van der Waals surface area contributed by atoms with E-state index in [2.05, 4.69) is 24.2 Å². The molecule has 0 atom stereocenters. The van der Waals surface area contributed by atoms with E-state index in [0.29, 0.717) is 0 Å². The Hall–Kier alpha value is -0.0800. The Balaban J connectivity index is 1.79. The summed E-state index contributed by atoms with van der Waals surface area (Å²) in [6, 6.07) is 0.923. The zero-order valence-electron chi connectivity index (χ0n) is 10.6. The summed E-state index contributed by atoms with van der Waals surface area (Å²) < 4.78 is 0. The highest BCUT2D eigenvalue weighted by Gasteiger charge is 2.20. The van der Waals surface area contributed by atoms with E-state index in [4.69, 9.17) is 0 Å². The molecule has 2 heteroatoms. The minimum absolute atomic E-state index is 0.923. The van der Waals surface area contributed by atoms with Crippen molar-refractivity contribution in [1.82, 2.24) is 10.2 Å². The van der Waals surface area contributed by atoms with Crippen molar-refractivity contribution in [3.8, 4) is 0 Å². The van der Waals surface area contributed by atoms with Gasteiger partial charge in [-0.05, 0) is 52.4 Å². The molecule has 0 unspecified atom stereocenters. The Morgan fingerprint density at radius 1 is 1.13 bits per heavy atom. The van der Waals surface area contributed by atoms with Crippen LogP contribution in [-0.4, -0.2) is 37.6 Å². The number of hydrogen-bond donors (Lipinski definition) is 1. The lowest BCUT2D eigenvalue weighted by atomic mass is 9.92. The van der Waals surface area contributed by atoms with Crippen molar-refractivity contribution in [1.29, 1.82) is 0 Å². The second-order valence-electron chi connectivity index (χ2n) is 4.83. The summed E-state index contributed by atoms with van der Waals surface area (Å²) in [6.07, 6.45) is 9.87. The van der Waals surface area contributed by atoms with Gasteiger partial charge in [0.1, 0.15) is 0 Å². The van der Waals surface area contributed by atoms with Crippen LogP contribution in [0.15, 0.2) is 0 Å². The molecule has 90 valence electrons. The molecule has 15 heavy (non-hydrogen) atoms. The van der Waals surface area contributed by atoms with Crippen LogP contribution in [-0.2, 0) is 0 Å². The van der Waals surface area contributed by atoms with Gasteiger partial charge >= 0.3 is 0 Å². The maximum Gasteiger partial charge on any atom is 0.00922 e. The zero-order chi connectivity index (χ0) is 10.9. The monoisotopic (exact) mass is 212 g/mol. The third-order valence-corrected chi connectivity index (χ3v) is 3.56. The number of nitrogens with one attached hydrogen (secondary N) is 1. The van der Waals surface area contributed by atoms with Gasteiger partial charge in [-0.3, -0.25) is 0 Å². The number of unbranched alkanes of at least 4 members (excludes halogenated alkanes) is 3. The summed E-state index contributed by atoms with van der Waals surface area (Å²) in [5.41, 5.74) is 0. The average Bonchev–Trinajstić information content (AvgIpc) is 2.14. The van der Waals surface area contributed by atoms with E-state index in [-0.39, 0.29) is 0 Å². The highest BCUT2D eigenvalue weighted by Crippen LogP contribution is 2.23. The number of nitrogens with zero attached hydrogens (tertiary/aromatic N) is 1. The second-order valence-corrected chi connectivity index (χ2v) is 4.83. The molecule has 0 heterocycles. The lowest BCUT2D eigenvalue weighted by molar-refractivity contribution is 0.157. The Bertz CT molecular complexity index is 143. The van der Waals surface area contributed by atoms with Crippen molar-refractivity contribution in [2.45, 2.75) is 57.9 Å². The van der Waals surface area contributed by atoms with E-state index in [1.807, 2.05) is 0 Å². The molecular weight excluding hydrogens is 184 g/mol. The van der Waals surface area contributed by atoms with E-state index in [1.165, 1.54) is 58.0 Å². The molecule has 0 aromatic heterocycles. The van der Waals surface area contributed by atoms with Crippen molar-refractivity contribution >= 4 is 0 Å². The SMILES string of the molecule is CCNCCCCCCN(C)C1CCC1. The summed E-state index contributed by atoms with van der Waals surface area (Å²) in [5.74, 6) is 0. The molecule has 0 saturated heterocycles. The van der Waals surface area contributed by atoms with Crippen molar-refractivity contribution in [3.05, 3.63) is 0 Å². The molecule has 0 bridgehead atoms. The minimum Gasteiger partial charge on any atom is -0.317 e. The summed E-state index contributed by atoms with van der Waals surface area (Å²) in [4.78, 5) is 2.56. The van der Waals surface area contributed by atoms with Gasteiger partial charge in [-0.15, -0.1) is 0 Å². The van der Waals surface area contributed by atoms with E-state index in [9.17, 15) is 0 Å². The molecule has 1 aliphatic carbocycles. The van der Waals surface area contributed by atoms with E-state index < -0.39 is 0 Å². The predicted molar refractivity (Wildman–Crippen MR) is 67.3 cm³/mol. The Labute approximate surface area is 95.4 Å². The van der Waals surface area contributed by atoms with Crippen molar-refractivity contribution in [2.75, 3.05) is 26.7 Å². The Kier molecular flexibility index (Phi) is 7.03. The summed E-state index contributed by atoms with van der Waals surface area (Å²) in [7, 11) is 2.29. The molecule has 0 amide bonds. The summed E-state index contributed by atoms with van der Waals surface area (Å²) in [6.45, 7) is 5.80. The third-order valence-electron chi connectivity index (χ3n) is 3.56. The van der Waals surface area contributed by atoms with Crippen molar-refractivity contribution in [2.24, 2.45) is 0 Å².